The van der Waals surface area contributed by atoms with Gasteiger partial charge in [0.15, 0.2) is 0 Å². The number of nitrogens with one attached hydrogen (secondary N) is 2. The zero-order valence-corrected chi connectivity index (χ0v) is 13.7. The molecule has 1 aliphatic rings. The number of methoxy groups -OCH3 is 1. The van der Waals surface area contributed by atoms with E-state index in [1.54, 1.807) is 7.11 Å². The van der Waals surface area contributed by atoms with E-state index >= 15 is 0 Å². The van der Waals surface area contributed by atoms with Crippen molar-refractivity contribution in [2.75, 3.05) is 26.8 Å². The van der Waals surface area contributed by atoms with Gasteiger partial charge in [-0.2, -0.15) is 0 Å². The molecule has 2 atom stereocenters. The molecule has 2 unspecified atom stereocenters. The van der Waals surface area contributed by atoms with E-state index < -0.39 is 0 Å². The van der Waals surface area contributed by atoms with Gasteiger partial charge >= 0.3 is 6.03 Å². The van der Waals surface area contributed by atoms with Crippen molar-refractivity contribution in [3.05, 3.63) is 35.9 Å². The molecule has 0 radical (unpaired) electrons. The standard InChI is InChI=1S/C17H25N3O3/c1-13(14-7-4-3-5-8-14)20-12-15(11-16(20)21)19-17(22)18-9-6-10-23-2/h3-5,7-8,13,15H,6,9-12H2,1-2H3,(H2,18,19,22). The maximum absolute atomic E-state index is 12.2. The first kappa shape index (κ1) is 17.3. The van der Waals surface area contributed by atoms with E-state index in [4.69, 9.17) is 4.74 Å². The van der Waals surface area contributed by atoms with Gasteiger partial charge in [0.1, 0.15) is 0 Å². The van der Waals surface area contributed by atoms with Crippen molar-refractivity contribution in [1.82, 2.24) is 15.5 Å². The average molecular weight is 319 g/mol. The third-order valence-corrected chi connectivity index (χ3v) is 4.05. The van der Waals surface area contributed by atoms with Gasteiger partial charge in [-0.05, 0) is 18.9 Å². The SMILES string of the molecule is COCCCNC(=O)NC1CC(=O)N(C(C)c2ccccc2)C1. The number of amides is 3. The third-order valence-electron chi connectivity index (χ3n) is 4.05. The monoisotopic (exact) mass is 319 g/mol. The second-order valence-corrected chi connectivity index (χ2v) is 5.78. The molecule has 1 saturated heterocycles. The van der Waals surface area contributed by atoms with Gasteiger partial charge in [-0.25, -0.2) is 4.79 Å². The lowest BCUT2D eigenvalue weighted by molar-refractivity contribution is -0.129. The molecule has 6 nitrogen and oxygen atoms in total. The quantitative estimate of drug-likeness (QED) is 0.751. The van der Waals surface area contributed by atoms with Crippen LogP contribution in [0, 0.1) is 0 Å². The number of benzene rings is 1. The van der Waals surface area contributed by atoms with E-state index in [2.05, 4.69) is 10.6 Å². The molecule has 2 rings (SSSR count). The average Bonchev–Trinajstić information content (AvgIpc) is 2.92. The second kappa shape index (κ2) is 8.53. The number of nitrogens with zero attached hydrogens (tertiary/aromatic N) is 1. The van der Waals surface area contributed by atoms with Gasteiger partial charge in [0.25, 0.3) is 0 Å². The Morgan fingerprint density at radius 3 is 2.83 bits per heavy atom. The van der Waals surface area contributed by atoms with Crippen LogP contribution in [0.3, 0.4) is 0 Å². The second-order valence-electron chi connectivity index (χ2n) is 5.78. The van der Waals surface area contributed by atoms with E-state index in [-0.39, 0.29) is 24.0 Å². The lowest BCUT2D eigenvalue weighted by Crippen LogP contribution is -2.43. The van der Waals surface area contributed by atoms with E-state index in [0.717, 1.165) is 12.0 Å². The zero-order valence-electron chi connectivity index (χ0n) is 13.7. The predicted octanol–water partition coefficient (Wildman–Crippen LogP) is 1.68. The van der Waals surface area contributed by atoms with Crippen molar-refractivity contribution in [3.63, 3.8) is 0 Å². The van der Waals surface area contributed by atoms with Gasteiger partial charge in [0, 0.05) is 33.2 Å². The molecule has 0 saturated carbocycles. The van der Waals surface area contributed by atoms with Crippen LogP contribution in [0.4, 0.5) is 4.79 Å². The first-order chi connectivity index (χ1) is 11.1. The fourth-order valence-corrected chi connectivity index (χ4v) is 2.77. The molecular weight excluding hydrogens is 294 g/mol. The Labute approximate surface area is 137 Å². The van der Waals surface area contributed by atoms with Crippen LogP contribution in [-0.4, -0.2) is 49.7 Å². The fourth-order valence-electron chi connectivity index (χ4n) is 2.77. The minimum absolute atomic E-state index is 0.0141. The molecule has 1 fully saturated rings. The van der Waals surface area contributed by atoms with Crippen molar-refractivity contribution < 1.29 is 14.3 Å². The normalized spacial score (nSPS) is 18.8. The Bertz CT molecular complexity index is 521. The number of hydrogen-bond donors (Lipinski definition) is 2. The first-order valence-corrected chi connectivity index (χ1v) is 7.99. The Kier molecular flexibility index (Phi) is 6.40. The zero-order chi connectivity index (χ0) is 16.7. The summed E-state index contributed by atoms with van der Waals surface area (Å²) in [4.78, 5) is 25.9. The summed E-state index contributed by atoms with van der Waals surface area (Å²) in [6.45, 7) is 3.73. The summed E-state index contributed by atoms with van der Waals surface area (Å²) in [6, 6.07) is 9.57. The van der Waals surface area contributed by atoms with E-state index in [9.17, 15) is 9.59 Å². The van der Waals surface area contributed by atoms with Gasteiger partial charge < -0.3 is 20.3 Å². The molecule has 1 heterocycles. The molecule has 6 heteroatoms. The largest absolute Gasteiger partial charge is 0.385 e. The van der Waals surface area contributed by atoms with Gasteiger partial charge in [0.2, 0.25) is 5.91 Å². The number of carbonyl (C=O) groups is 2. The van der Waals surface area contributed by atoms with E-state index in [0.29, 0.717) is 26.1 Å². The number of hydrogen-bond acceptors (Lipinski definition) is 3. The molecule has 0 spiro atoms. The van der Waals surface area contributed by atoms with Crippen LogP contribution < -0.4 is 10.6 Å². The van der Waals surface area contributed by atoms with Crippen molar-refractivity contribution in [3.8, 4) is 0 Å². The summed E-state index contributed by atoms with van der Waals surface area (Å²) in [5.74, 6) is 0.0750. The Morgan fingerprint density at radius 1 is 1.39 bits per heavy atom. The van der Waals surface area contributed by atoms with Crippen molar-refractivity contribution in [2.45, 2.75) is 31.8 Å². The molecule has 0 bridgehead atoms. The predicted molar refractivity (Wildman–Crippen MR) is 88.0 cm³/mol. The molecule has 126 valence electrons. The summed E-state index contributed by atoms with van der Waals surface area (Å²) in [6.07, 6.45) is 1.12. The summed E-state index contributed by atoms with van der Waals surface area (Å²) in [5, 5.41) is 5.64. The molecule has 23 heavy (non-hydrogen) atoms. The number of likely N-dealkylation sites (tertiary alicyclic amines) is 1. The number of ether oxygens (including phenoxy) is 1. The summed E-state index contributed by atoms with van der Waals surface area (Å²) in [5.41, 5.74) is 1.10. The molecule has 3 amide bonds. The first-order valence-electron chi connectivity index (χ1n) is 7.99. The Morgan fingerprint density at radius 2 is 2.13 bits per heavy atom. The third kappa shape index (κ3) is 4.96. The van der Waals surface area contributed by atoms with Crippen molar-refractivity contribution >= 4 is 11.9 Å². The van der Waals surface area contributed by atoms with Crippen LogP contribution in [-0.2, 0) is 9.53 Å². The minimum Gasteiger partial charge on any atom is -0.385 e. The number of carbonyl (C=O) groups excluding carboxylic acids is 2. The summed E-state index contributed by atoms with van der Waals surface area (Å²) >= 11 is 0. The minimum atomic E-state index is -0.229. The van der Waals surface area contributed by atoms with Crippen LogP contribution in [0.5, 0.6) is 0 Å². The lowest BCUT2D eigenvalue weighted by atomic mass is 10.1. The highest BCUT2D eigenvalue weighted by atomic mass is 16.5. The highest BCUT2D eigenvalue weighted by Gasteiger charge is 2.33. The summed E-state index contributed by atoms with van der Waals surface area (Å²) < 4.78 is 4.93. The summed E-state index contributed by atoms with van der Waals surface area (Å²) in [7, 11) is 1.63. The molecule has 1 aliphatic heterocycles. The molecule has 1 aromatic rings. The highest BCUT2D eigenvalue weighted by molar-refractivity contribution is 5.82. The number of rotatable bonds is 7. The van der Waals surface area contributed by atoms with Gasteiger partial charge in [0.05, 0.1) is 12.1 Å². The van der Waals surface area contributed by atoms with Crippen molar-refractivity contribution in [2.24, 2.45) is 0 Å². The van der Waals surface area contributed by atoms with Crippen LogP contribution in [0.2, 0.25) is 0 Å². The van der Waals surface area contributed by atoms with Gasteiger partial charge in [-0.15, -0.1) is 0 Å². The van der Waals surface area contributed by atoms with E-state index in [1.807, 2.05) is 42.2 Å². The topological polar surface area (TPSA) is 70.7 Å². The van der Waals surface area contributed by atoms with Gasteiger partial charge in [-0.3, -0.25) is 4.79 Å². The van der Waals surface area contributed by atoms with Crippen LogP contribution in [0.1, 0.15) is 31.4 Å². The maximum atomic E-state index is 12.2. The molecule has 0 aliphatic carbocycles. The van der Waals surface area contributed by atoms with Crippen LogP contribution in [0.15, 0.2) is 30.3 Å². The Hall–Kier alpha value is -2.08. The van der Waals surface area contributed by atoms with Crippen LogP contribution in [0.25, 0.3) is 0 Å². The molecule has 2 N–H and O–H groups in total. The number of urea groups is 1. The molecule has 0 aromatic heterocycles. The molecule has 1 aromatic carbocycles. The maximum Gasteiger partial charge on any atom is 0.315 e. The lowest BCUT2D eigenvalue weighted by Gasteiger charge is -2.25. The van der Waals surface area contributed by atoms with E-state index in [1.165, 1.54) is 0 Å². The fraction of sp³-hybridized carbons (Fsp3) is 0.529. The Balaban J connectivity index is 1.81. The van der Waals surface area contributed by atoms with Crippen LogP contribution >= 0.6 is 0 Å². The van der Waals surface area contributed by atoms with Gasteiger partial charge in [-0.1, -0.05) is 30.3 Å². The molecular formula is C17H25N3O3. The highest BCUT2D eigenvalue weighted by Crippen LogP contribution is 2.25. The smallest absolute Gasteiger partial charge is 0.315 e. The van der Waals surface area contributed by atoms with Crippen molar-refractivity contribution in [1.29, 1.82) is 0 Å².